The number of nitro groups is 1. The van der Waals surface area contributed by atoms with Gasteiger partial charge in [0.15, 0.2) is 0 Å². The van der Waals surface area contributed by atoms with Gasteiger partial charge in [-0.3, -0.25) is 19.9 Å². The standard InChI is InChI=1S/C21H22N6O3S/c1-25-8-10-26(11-9-25)18-6-5-15(12-19(18)27(29)30)20(28)23-13-16-14-31-21(24-16)17-4-2-3-7-22-17/h2-7,12,14H,8-11,13H2,1H3,(H,23,28). The van der Waals surface area contributed by atoms with Gasteiger partial charge in [0, 0.05) is 49.4 Å². The molecule has 0 bridgehead atoms. The predicted molar refractivity (Wildman–Crippen MR) is 119 cm³/mol. The molecule has 1 aromatic carbocycles. The van der Waals surface area contributed by atoms with Crippen molar-refractivity contribution in [3.8, 4) is 10.7 Å². The predicted octanol–water partition coefficient (Wildman–Crippen LogP) is 2.80. The summed E-state index contributed by atoms with van der Waals surface area (Å²) in [6.45, 7) is 3.34. The van der Waals surface area contributed by atoms with E-state index in [-0.39, 0.29) is 23.7 Å². The van der Waals surface area contributed by atoms with Crippen LogP contribution in [-0.2, 0) is 6.54 Å². The second-order valence-corrected chi connectivity index (χ2v) is 8.15. The molecule has 1 amide bonds. The van der Waals surface area contributed by atoms with Gasteiger partial charge in [-0.15, -0.1) is 11.3 Å². The summed E-state index contributed by atoms with van der Waals surface area (Å²) in [4.78, 5) is 36.8. The first-order valence-electron chi connectivity index (χ1n) is 9.87. The molecule has 1 fully saturated rings. The molecule has 10 heteroatoms. The smallest absolute Gasteiger partial charge is 0.293 e. The van der Waals surface area contributed by atoms with Crippen molar-refractivity contribution in [3.05, 3.63) is 69.3 Å². The van der Waals surface area contributed by atoms with E-state index in [1.807, 2.05) is 35.5 Å². The first-order valence-corrected chi connectivity index (χ1v) is 10.7. The monoisotopic (exact) mass is 438 g/mol. The number of benzene rings is 1. The molecule has 0 spiro atoms. The molecule has 1 aliphatic heterocycles. The molecule has 0 aliphatic carbocycles. The van der Waals surface area contributed by atoms with Crippen molar-refractivity contribution in [2.45, 2.75) is 6.54 Å². The number of hydrogen-bond donors (Lipinski definition) is 1. The van der Waals surface area contributed by atoms with Crippen LogP contribution < -0.4 is 10.2 Å². The Morgan fingerprint density at radius 3 is 2.74 bits per heavy atom. The van der Waals surface area contributed by atoms with Crippen LogP contribution in [-0.4, -0.2) is 58.9 Å². The Hall–Kier alpha value is -3.37. The number of hydrogen-bond acceptors (Lipinski definition) is 8. The topological polar surface area (TPSA) is 104 Å². The minimum atomic E-state index is -0.427. The highest BCUT2D eigenvalue weighted by molar-refractivity contribution is 7.13. The van der Waals surface area contributed by atoms with E-state index in [2.05, 4.69) is 20.2 Å². The van der Waals surface area contributed by atoms with Gasteiger partial charge in [-0.05, 0) is 31.3 Å². The molecule has 1 N–H and O–H groups in total. The van der Waals surface area contributed by atoms with Gasteiger partial charge in [-0.25, -0.2) is 4.98 Å². The third-order valence-corrected chi connectivity index (χ3v) is 6.06. The van der Waals surface area contributed by atoms with Crippen LogP contribution in [0.2, 0.25) is 0 Å². The van der Waals surface area contributed by atoms with Gasteiger partial charge >= 0.3 is 0 Å². The molecular formula is C21H22N6O3S. The maximum atomic E-state index is 12.6. The van der Waals surface area contributed by atoms with Crippen molar-refractivity contribution in [2.24, 2.45) is 0 Å². The maximum Gasteiger partial charge on any atom is 0.293 e. The number of nitrogens with zero attached hydrogens (tertiary/aromatic N) is 5. The number of thiazole rings is 1. The first-order chi connectivity index (χ1) is 15.0. The molecule has 0 atom stereocenters. The molecule has 3 heterocycles. The zero-order chi connectivity index (χ0) is 21.8. The highest BCUT2D eigenvalue weighted by Crippen LogP contribution is 2.30. The van der Waals surface area contributed by atoms with Gasteiger partial charge in [-0.1, -0.05) is 6.07 Å². The molecule has 0 saturated carbocycles. The fraction of sp³-hybridized carbons (Fsp3) is 0.286. The molecule has 3 aromatic rings. The van der Waals surface area contributed by atoms with E-state index < -0.39 is 4.92 Å². The number of likely N-dealkylation sites (N-methyl/N-ethyl adjacent to an activating group) is 1. The molecule has 160 valence electrons. The quantitative estimate of drug-likeness (QED) is 0.466. The van der Waals surface area contributed by atoms with Crippen molar-refractivity contribution in [1.82, 2.24) is 20.2 Å². The van der Waals surface area contributed by atoms with Crippen molar-refractivity contribution in [2.75, 3.05) is 38.1 Å². The Morgan fingerprint density at radius 1 is 1.23 bits per heavy atom. The van der Waals surface area contributed by atoms with Gasteiger partial charge in [-0.2, -0.15) is 0 Å². The summed E-state index contributed by atoms with van der Waals surface area (Å²) in [6, 6.07) is 10.3. The van der Waals surface area contributed by atoms with Crippen LogP contribution in [0.5, 0.6) is 0 Å². The van der Waals surface area contributed by atoms with E-state index >= 15 is 0 Å². The lowest BCUT2D eigenvalue weighted by molar-refractivity contribution is -0.384. The average molecular weight is 439 g/mol. The molecule has 4 rings (SSSR count). The molecular weight excluding hydrogens is 416 g/mol. The number of rotatable bonds is 6. The van der Waals surface area contributed by atoms with E-state index in [9.17, 15) is 14.9 Å². The Labute approximate surface area is 183 Å². The summed E-state index contributed by atoms with van der Waals surface area (Å²) >= 11 is 1.45. The second-order valence-electron chi connectivity index (χ2n) is 7.29. The molecule has 1 aliphatic rings. The normalized spacial score (nSPS) is 14.4. The fourth-order valence-corrected chi connectivity index (χ4v) is 4.19. The van der Waals surface area contributed by atoms with Crippen LogP contribution in [0.1, 0.15) is 16.1 Å². The summed E-state index contributed by atoms with van der Waals surface area (Å²) in [5, 5.41) is 17.1. The molecule has 1 saturated heterocycles. The zero-order valence-electron chi connectivity index (χ0n) is 17.0. The summed E-state index contributed by atoms with van der Waals surface area (Å²) in [6.07, 6.45) is 1.71. The van der Waals surface area contributed by atoms with Crippen LogP contribution >= 0.6 is 11.3 Å². The van der Waals surface area contributed by atoms with Gasteiger partial charge in [0.25, 0.3) is 11.6 Å². The van der Waals surface area contributed by atoms with E-state index in [0.717, 1.165) is 23.8 Å². The lowest BCUT2D eigenvalue weighted by atomic mass is 10.1. The maximum absolute atomic E-state index is 12.6. The summed E-state index contributed by atoms with van der Waals surface area (Å²) in [5.41, 5.74) is 2.24. The van der Waals surface area contributed by atoms with Gasteiger partial charge in [0.1, 0.15) is 10.7 Å². The van der Waals surface area contributed by atoms with Gasteiger partial charge in [0.2, 0.25) is 0 Å². The third kappa shape index (κ3) is 4.86. The zero-order valence-corrected chi connectivity index (χ0v) is 17.8. The fourth-order valence-electron chi connectivity index (χ4n) is 3.39. The Bertz CT molecular complexity index is 1080. The summed E-state index contributed by atoms with van der Waals surface area (Å²) < 4.78 is 0. The number of anilines is 1. The van der Waals surface area contributed by atoms with E-state index in [4.69, 9.17) is 0 Å². The summed E-state index contributed by atoms with van der Waals surface area (Å²) in [7, 11) is 2.03. The van der Waals surface area contributed by atoms with Crippen LogP contribution in [0, 0.1) is 10.1 Å². The average Bonchev–Trinajstić information content (AvgIpc) is 3.27. The number of nitrogens with one attached hydrogen (secondary N) is 1. The SMILES string of the molecule is CN1CCN(c2ccc(C(=O)NCc3csc(-c4ccccn4)n3)cc2[N+](=O)[O-])CC1. The van der Waals surface area contributed by atoms with Crippen LogP contribution in [0.15, 0.2) is 48.0 Å². The number of nitro benzene ring substituents is 1. The number of aromatic nitrogens is 2. The molecule has 0 radical (unpaired) electrons. The third-order valence-electron chi connectivity index (χ3n) is 5.14. The number of carbonyl (C=O) groups excluding carboxylic acids is 1. The minimum absolute atomic E-state index is 0.0525. The van der Waals surface area contributed by atoms with E-state index in [0.29, 0.717) is 24.5 Å². The second kappa shape index (κ2) is 9.19. The van der Waals surface area contributed by atoms with Crippen molar-refractivity contribution in [1.29, 1.82) is 0 Å². The lowest BCUT2D eigenvalue weighted by Gasteiger charge is -2.33. The number of piperazine rings is 1. The molecule has 0 unspecified atom stereocenters. The highest BCUT2D eigenvalue weighted by atomic mass is 32.1. The lowest BCUT2D eigenvalue weighted by Crippen LogP contribution is -2.44. The number of pyridine rings is 1. The van der Waals surface area contributed by atoms with Crippen molar-refractivity contribution >= 4 is 28.6 Å². The Kier molecular flexibility index (Phi) is 6.19. The van der Waals surface area contributed by atoms with Crippen LogP contribution in [0.3, 0.4) is 0 Å². The number of amides is 1. The van der Waals surface area contributed by atoms with Crippen LogP contribution in [0.4, 0.5) is 11.4 Å². The van der Waals surface area contributed by atoms with Crippen LogP contribution in [0.25, 0.3) is 10.7 Å². The Balaban J connectivity index is 1.44. The van der Waals surface area contributed by atoms with Crippen molar-refractivity contribution < 1.29 is 9.72 Å². The van der Waals surface area contributed by atoms with E-state index in [1.165, 1.54) is 17.4 Å². The largest absolute Gasteiger partial charge is 0.363 e. The molecule has 31 heavy (non-hydrogen) atoms. The first kappa shape index (κ1) is 20.9. The van der Waals surface area contributed by atoms with Gasteiger partial charge in [0.05, 0.1) is 22.9 Å². The Morgan fingerprint density at radius 2 is 2.03 bits per heavy atom. The number of carbonyl (C=O) groups is 1. The van der Waals surface area contributed by atoms with Crippen molar-refractivity contribution in [3.63, 3.8) is 0 Å². The summed E-state index contributed by atoms with van der Waals surface area (Å²) in [5.74, 6) is -0.375. The molecule has 9 nitrogen and oxygen atoms in total. The minimum Gasteiger partial charge on any atom is -0.363 e. The highest BCUT2D eigenvalue weighted by Gasteiger charge is 2.24. The van der Waals surface area contributed by atoms with Gasteiger partial charge < -0.3 is 15.1 Å². The molecule has 2 aromatic heterocycles. The van der Waals surface area contributed by atoms with E-state index in [1.54, 1.807) is 18.3 Å².